The number of furan rings is 1. The third kappa shape index (κ3) is 3.60. The zero-order chi connectivity index (χ0) is 12.1. The van der Waals surface area contributed by atoms with Crippen LogP contribution in [0.2, 0.25) is 0 Å². The fraction of sp³-hybridized carbons (Fsp3) is 0.615. The molecule has 1 fully saturated rings. The van der Waals surface area contributed by atoms with Crippen molar-refractivity contribution in [3.63, 3.8) is 0 Å². The van der Waals surface area contributed by atoms with Crippen molar-refractivity contribution in [2.45, 2.75) is 19.8 Å². The summed E-state index contributed by atoms with van der Waals surface area (Å²) in [7, 11) is 0. The van der Waals surface area contributed by atoms with E-state index in [1.807, 2.05) is 0 Å². The van der Waals surface area contributed by atoms with Crippen molar-refractivity contribution in [3.05, 3.63) is 24.2 Å². The zero-order valence-corrected chi connectivity index (χ0v) is 10.3. The number of nitrogens with zero attached hydrogens (tertiary/aromatic N) is 1. The Labute approximate surface area is 102 Å². The van der Waals surface area contributed by atoms with Gasteiger partial charge in [0.05, 0.1) is 6.26 Å². The van der Waals surface area contributed by atoms with Gasteiger partial charge in [0.2, 0.25) is 0 Å². The molecule has 1 unspecified atom stereocenters. The molecule has 1 aliphatic heterocycles. The van der Waals surface area contributed by atoms with Crippen molar-refractivity contribution in [2.24, 2.45) is 5.92 Å². The maximum Gasteiger partial charge on any atom is 0.286 e. The fourth-order valence-electron chi connectivity index (χ4n) is 2.23. The van der Waals surface area contributed by atoms with E-state index in [4.69, 9.17) is 4.42 Å². The molecule has 2 heterocycles. The van der Waals surface area contributed by atoms with E-state index < -0.39 is 0 Å². The molecule has 0 bridgehead atoms. The maximum atomic E-state index is 11.6. The molecule has 17 heavy (non-hydrogen) atoms. The standard InChI is InChI=1S/C13H20N2O2/c1-11(10-15-6-2-3-7-15)9-14-13(16)12-5-4-8-17-12/h4-5,8,11H,2-3,6-7,9-10H2,1H3,(H,14,16). The number of carbonyl (C=O) groups excluding carboxylic acids is 1. The molecule has 1 atom stereocenters. The maximum absolute atomic E-state index is 11.6. The van der Waals surface area contributed by atoms with Crippen LogP contribution in [0.15, 0.2) is 22.8 Å². The molecule has 94 valence electrons. The summed E-state index contributed by atoms with van der Waals surface area (Å²) >= 11 is 0. The second-order valence-corrected chi connectivity index (χ2v) is 4.80. The van der Waals surface area contributed by atoms with Gasteiger partial charge in [0.1, 0.15) is 0 Å². The lowest BCUT2D eigenvalue weighted by Gasteiger charge is -2.20. The number of hydrogen-bond donors (Lipinski definition) is 1. The Balaban J connectivity index is 1.68. The monoisotopic (exact) mass is 236 g/mol. The van der Waals surface area contributed by atoms with Gasteiger partial charge in [-0.15, -0.1) is 0 Å². The van der Waals surface area contributed by atoms with Crippen molar-refractivity contribution in [3.8, 4) is 0 Å². The first-order valence-corrected chi connectivity index (χ1v) is 6.30. The normalized spacial score (nSPS) is 18.2. The van der Waals surface area contributed by atoms with Crippen LogP contribution in [0.4, 0.5) is 0 Å². The van der Waals surface area contributed by atoms with Gasteiger partial charge in [-0.3, -0.25) is 4.79 Å². The summed E-state index contributed by atoms with van der Waals surface area (Å²) in [5.74, 6) is 0.744. The molecule has 0 aromatic carbocycles. The smallest absolute Gasteiger partial charge is 0.286 e. The van der Waals surface area contributed by atoms with E-state index >= 15 is 0 Å². The first kappa shape index (κ1) is 12.2. The average molecular weight is 236 g/mol. The second-order valence-electron chi connectivity index (χ2n) is 4.80. The molecular weight excluding hydrogens is 216 g/mol. The van der Waals surface area contributed by atoms with Gasteiger partial charge in [-0.2, -0.15) is 0 Å². The molecule has 1 N–H and O–H groups in total. The molecule has 1 aromatic rings. The van der Waals surface area contributed by atoms with Gasteiger partial charge in [-0.25, -0.2) is 0 Å². The quantitative estimate of drug-likeness (QED) is 0.847. The number of hydrogen-bond acceptors (Lipinski definition) is 3. The van der Waals surface area contributed by atoms with Gasteiger partial charge in [0.15, 0.2) is 5.76 Å². The number of amides is 1. The van der Waals surface area contributed by atoms with Crippen LogP contribution in [-0.4, -0.2) is 37.0 Å². The summed E-state index contributed by atoms with van der Waals surface area (Å²) in [6.45, 7) is 6.35. The molecule has 0 saturated carbocycles. The van der Waals surface area contributed by atoms with Gasteiger partial charge >= 0.3 is 0 Å². The molecule has 0 spiro atoms. The lowest BCUT2D eigenvalue weighted by atomic mass is 10.1. The summed E-state index contributed by atoms with van der Waals surface area (Å²) in [6.07, 6.45) is 4.14. The summed E-state index contributed by atoms with van der Waals surface area (Å²) < 4.78 is 5.04. The Morgan fingerprint density at radius 2 is 2.29 bits per heavy atom. The second kappa shape index (κ2) is 5.87. The van der Waals surface area contributed by atoms with Gasteiger partial charge in [-0.1, -0.05) is 6.92 Å². The van der Waals surface area contributed by atoms with Crippen LogP contribution < -0.4 is 5.32 Å². The average Bonchev–Trinajstić information content (AvgIpc) is 2.97. The Morgan fingerprint density at radius 3 is 2.94 bits per heavy atom. The van der Waals surface area contributed by atoms with Gasteiger partial charge in [-0.05, 0) is 44.0 Å². The minimum Gasteiger partial charge on any atom is -0.459 e. The Hall–Kier alpha value is -1.29. The Bertz CT molecular complexity index is 342. The molecule has 1 aliphatic rings. The van der Waals surface area contributed by atoms with Crippen LogP contribution in [0.3, 0.4) is 0 Å². The first-order valence-electron chi connectivity index (χ1n) is 6.30. The van der Waals surface area contributed by atoms with Crippen molar-refractivity contribution >= 4 is 5.91 Å². The Morgan fingerprint density at radius 1 is 1.53 bits per heavy atom. The largest absolute Gasteiger partial charge is 0.459 e. The lowest BCUT2D eigenvalue weighted by Crippen LogP contribution is -2.34. The summed E-state index contributed by atoms with van der Waals surface area (Å²) in [5.41, 5.74) is 0. The molecule has 1 saturated heterocycles. The van der Waals surface area contributed by atoms with Crippen LogP contribution in [0.1, 0.15) is 30.3 Å². The topological polar surface area (TPSA) is 45.5 Å². The highest BCUT2D eigenvalue weighted by Gasteiger charge is 2.15. The molecule has 4 heteroatoms. The van der Waals surface area contributed by atoms with E-state index in [9.17, 15) is 4.79 Å². The van der Waals surface area contributed by atoms with Crippen LogP contribution in [0.5, 0.6) is 0 Å². The summed E-state index contributed by atoms with van der Waals surface area (Å²) in [6, 6.07) is 3.41. The van der Waals surface area contributed by atoms with E-state index in [2.05, 4.69) is 17.1 Å². The highest BCUT2D eigenvalue weighted by molar-refractivity contribution is 5.91. The van der Waals surface area contributed by atoms with Crippen molar-refractivity contribution < 1.29 is 9.21 Å². The number of carbonyl (C=O) groups is 1. The highest BCUT2D eigenvalue weighted by atomic mass is 16.3. The van der Waals surface area contributed by atoms with Crippen LogP contribution >= 0.6 is 0 Å². The van der Waals surface area contributed by atoms with Gasteiger partial charge in [0.25, 0.3) is 5.91 Å². The minimum atomic E-state index is -0.122. The van der Waals surface area contributed by atoms with Crippen molar-refractivity contribution in [1.82, 2.24) is 10.2 Å². The SMILES string of the molecule is CC(CNC(=O)c1ccco1)CN1CCCC1. The van der Waals surface area contributed by atoms with Crippen LogP contribution in [0.25, 0.3) is 0 Å². The lowest BCUT2D eigenvalue weighted by molar-refractivity contribution is 0.0917. The van der Waals surface area contributed by atoms with Crippen LogP contribution in [-0.2, 0) is 0 Å². The predicted octanol–water partition coefficient (Wildman–Crippen LogP) is 1.74. The zero-order valence-electron chi connectivity index (χ0n) is 10.3. The van der Waals surface area contributed by atoms with Crippen LogP contribution in [0, 0.1) is 5.92 Å². The number of rotatable bonds is 5. The molecule has 1 aromatic heterocycles. The Kier molecular flexibility index (Phi) is 4.20. The molecule has 2 rings (SSSR count). The third-order valence-electron chi connectivity index (χ3n) is 3.12. The molecule has 0 aliphatic carbocycles. The van der Waals surface area contributed by atoms with E-state index in [1.54, 1.807) is 12.1 Å². The molecule has 0 radical (unpaired) electrons. The fourth-order valence-corrected chi connectivity index (χ4v) is 2.23. The molecule has 4 nitrogen and oxygen atoms in total. The van der Waals surface area contributed by atoms with Gasteiger partial charge in [0, 0.05) is 13.1 Å². The van der Waals surface area contributed by atoms with E-state index in [0.29, 0.717) is 18.2 Å². The van der Waals surface area contributed by atoms with Crippen molar-refractivity contribution in [1.29, 1.82) is 0 Å². The van der Waals surface area contributed by atoms with E-state index in [1.165, 1.54) is 32.2 Å². The number of likely N-dealkylation sites (tertiary alicyclic amines) is 1. The van der Waals surface area contributed by atoms with E-state index in [-0.39, 0.29) is 5.91 Å². The third-order valence-corrected chi connectivity index (χ3v) is 3.12. The first-order chi connectivity index (χ1) is 8.25. The summed E-state index contributed by atoms with van der Waals surface area (Å²) in [4.78, 5) is 14.1. The van der Waals surface area contributed by atoms with Gasteiger partial charge < -0.3 is 14.6 Å². The molecule has 1 amide bonds. The minimum absolute atomic E-state index is 0.122. The summed E-state index contributed by atoms with van der Waals surface area (Å²) in [5, 5.41) is 2.90. The highest BCUT2D eigenvalue weighted by Crippen LogP contribution is 2.09. The van der Waals surface area contributed by atoms with E-state index in [0.717, 1.165) is 6.54 Å². The molecular formula is C13H20N2O2. The van der Waals surface area contributed by atoms with Crippen molar-refractivity contribution in [2.75, 3.05) is 26.2 Å². The number of nitrogens with one attached hydrogen (secondary N) is 1. The predicted molar refractivity (Wildman–Crippen MR) is 65.9 cm³/mol.